The van der Waals surface area contributed by atoms with E-state index in [4.69, 9.17) is 3.32 Å². The molecule has 0 bridgehead atoms. The van der Waals surface area contributed by atoms with Crippen molar-refractivity contribution in [2.75, 3.05) is 0 Å². The fourth-order valence-electron chi connectivity index (χ4n) is 0. The Morgan fingerprint density at radius 3 is 1.00 bits per heavy atom. The third-order valence-electron chi connectivity index (χ3n) is 0. The Kier molecular flexibility index (Phi) is 686. The van der Waals surface area contributed by atoms with Crippen molar-refractivity contribution in [3.05, 3.63) is 0 Å². The molecule has 4 heavy (non-hydrogen) atoms. The topological polar surface area (TPSA) is 80.1 Å². The summed E-state index contributed by atoms with van der Waals surface area (Å²) in [6.07, 6.45) is 0. The summed E-state index contributed by atoms with van der Waals surface area (Å²) in [5, 5.41) is 0. The first-order valence-electron chi connectivity index (χ1n) is 0.204. The SMILES string of the molecule is O.O.[O]=[Ti]. The van der Waals surface area contributed by atoms with E-state index in [0.717, 1.165) is 20.4 Å². The molecule has 0 rings (SSSR count). The molecular weight excluding hydrogens is 95.9 g/mol. The Balaban J connectivity index is -0.00000000500. The Bertz CT molecular complexity index is 3.25. The molecule has 0 spiro atoms. The molecule has 0 heterocycles. The van der Waals surface area contributed by atoms with Crippen LogP contribution < -0.4 is 0 Å². The predicted molar refractivity (Wildman–Crippen MR) is 7.91 cm³/mol. The average Bonchev–Trinajstić information content (AvgIpc) is 1.00. The molecule has 0 atom stereocenters. The summed E-state index contributed by atoms with van der Waals surface area (Å²) in [5.74, 6) is 0. The van der Waals surface area contributed by atoms with Gasteiger partial charge in [-0.2, -0.15) is 0 Å². The summed E-state index contributed by atoms with van der Waals surface area (Å²) in [7, 11) is 0. The van der Waals surface area contributed by atoms with Gasteiger partial charge in [-0.15, -0.1) is 0 Å². The van der Waals surface area contributed by atoms with Crippen LogP contribution in [0, 0.1) is 0 Å². The molecule has 0 aliphatic heterocycles. The molecule has 0 aromatic carbocycles. The van der Waals surface area contributed by atoms with Gasteiger partial charge in [0.1, 0.15) is 0 Å². The Hall–Kier alpha value is 0.434. The Morgan fingerprint density at radius 1 is 1.00 bits per heavy atom. The van der Waals surface area contributed by atoms with Crippen molar-refractivity contribution in [2.24, 2.45) is 0 Å². The van der Waals surface area contributed by atoms with Crippen molar-refractivity contribution in [2.45, 2.75) is 0 Å². The zero-order chi connectivity index (χ0) is 2.00. The second-order valence-corrected chi connectivity index (χ2v) is 0. The molecular formula is H4O3Ti. The quantitative estimate of drug-likeness (QED) is 0.331. The van der Waals surface area contributed by atoms with Gasteiger partial charge in [0.25, 0.3) is 0 Å². The third kappa shape index (κ3) is 26.6. The van der Waals surface area contributed by atoms with E-state index < -0.39 is 0 Å². The fraction of sp³-hybridized carbons (Fsp3) is 0. The van der Waals surface area contributed by atoms with E-state index in [1.807, 2.05) is 0 Å². The van der Waals surface area contributed by atoms with Crippen LogP contribution >= 0.6 is 0 Å². The van der Waals surface area contributed by atoms with Crippen molar-refractivity contribution in [1.29, 1.82) is 0 Å². The number of hydrogen-bond acceptors (Lipinski definition) is 1. The van der Waals surface area contributed by atoms with Gasteiger partial charge in [0, 0.05) is 0 Å². The van der Waals surface area contributed by atoms with E-state index in [1.54, 1.807) is 0 Å². The molecule has 4 heteroatoms. The molecule has 0 saturated heterocycles. The molecule has 0 aliphatic rings. The zero-order valence-electron chi connectivity index (χ0n) is 1.91. The molecule has 0 radical (unpaired) electrons. The van der Waals surface area contributed by atoms with E-state index in [9.17, 15) is 0 Å². The van der Waals surface area contributed by atoms with Gasteiger partial charge in [0.05, 0.1) is 0 Å². The summed E-state index contributed by atoms with van der Waals surface area (Å²) >= 11 is 0.750. The van der Waals surface area contributed by atoms with E-state index in [-0.39, 0.29) is 11.0 Å². The standard InChI is InChI=1S/2H2O.O.Ti/h2*1H2;;. The van der Waals surface area contributed by atoms with Crippen molar-refractivity contribution in [3.63, 3.8) is 0 Å². The van der Waals surface area contributed by atoms with Crippen LogP contribution in [0.4, 0.5) is 0 Å². The third-order valence-corrected chi connectivity index (χ3v) is 0. The predicted octanol–water partition coefficient (Wildman–Crippen LogP) is -1.77. The minimum atomic E-state index is 0. The monoisotopic (exact) mass is 100.0 g/mol. The van der Waals surface area contributed by atoms with Gasteiger partial charge in [0.15, 0.2) is 0 Å². The van der Waals surface area contributed by atoms with Crippen molar-refractivity contribution in [1.82, 2.24) is 0 Å². The first kappa shape index (κ1) is 25.4. The molecule has 3 nitrogen and oxygen atoms in total. The second kappa shape index (κ2) is 108. The van der Waals surface area contributed by atoms with E-state index in [1.165, 1.54) is 0 Å². The van der Waals surface area contributed by atoms with Gasteiger partial charge in [-0.25, -0.2) is 0 Å². The summed E-state index contributed by atoms with van der Waals surface area (Å²) in [5.41, 5.74) is 0. The van der Waals surface area contributed by atoms with Gasteiger partial charge in [-0.05, 0) is 0 Å². The van der Waals surface area contributed by atoms with Crippen LogP contribution in [0.2, 0.25) is 0 Å². The van der Waals surface area contributed by atoms with Gasteiger partial charge < -0.3 is 11.0 Å². The summed E-state index contributed by atoms with van der Waals surface area (Å²) < 4.78 is 8.25. The zero-order valence-corrected chi connectivity index (χ0v) is 3.47. The van der Waals surface area contributed by atoms with Crippen LogP contribution in [0.5, 0.6) is 0 Å². The van der Waals surface area contributed by atoms with E-state index in [2.05, 4.69) is 0 Å². The van der Waals surface area contributed by atoms with Gasteiger partial charge in [-0.3, -0.25) is 0 Å². The molecule has 0 unspecified atom stereocenters. The van der Waals surface area contributed by atoms with Crippen LogP contribution in [0.25, 0.3) is 0 Å². The van der Waals surface area contributed by atoms with Gasteiger partial charge in [-0.1, -0.05) is 0 Å². The van der Waals surface area contributed by atoms with Crippen molar-refractivity contribution in [3.8, 4) is 0 Å². The van der Waals surface area contributed by atoms with Crippen LogP contribution in [0.1, 0.15) is 0 Å². The molecule has 0 fully saturated rings. The summed E-state index contributed by atoms with van der Waals surface area (Å²) in [6.45, 7) is 0. The minimum absolute atomic E-state index is 0. The van der Waals surface area contributed by atoms with Crippen LogP contribution in [0.3, 0.4) is 0 Å². The average molecular weight is 99.9 g/mol. The molecule has 26 valence electrons. The van der Waals surface area contributed by atoms with Crippen molar-refractivity contribution >= 4 is 0 Å². The summed E-state index contributed by atoms with van der Waals surface area (Å²) in [4.78, 5) is 0. The molecule has 4 N–H and O–H groups in total. The van der Waals surface area contributed by atoms with Gasteiger partial charge >= 0.3 is 23.7 Å². The first-order chi connectivity index (χ1) is 1.00. The Morgan fingerprint density at radius 2 is 1.00 bits per heavy atom. The molecule has 0 saturated carbocycles. The van der Waals surface area contributed by atoms with Crippen molar-refractivity contribution < 1.29 is 34.7 Å². The molecule has 0 aromatic rings. The van der Waals surface area contributed by atoms with Crippen LogP contribution in [0.15, 0.2) is 0 Å². The normalized spacial score (nSPS) is 0.750. The number of rotatable bonds is 0. The maximum atomic E-state index is 8.25. The molecule has 0 amide bonds. The molecule has 0 aliphatic carbocycles. The molecule has 0 aromatic heterocycles. The van der Waals surface area contributed by atoms with Gasteiger partial charge in [0.2, 0.25) is 0 Å². The van der Waals surface area contributed by atoms with Crippen LogP contribution in [-0.2, 0) is 23.7 Å². The first-order valence-corrected chi connectivity index (χ1v) is 0.842. The second-order valence-electron chi connectivity index (χ2n) is 0. The number of hydrogen-bond donors (Lipinski definition) is 0. The Labute approximate surface area is 35.4 Å². The fourth-order valence-corrected chi connectivity index (χ4v) is 0. The van der Waals surface area contributed by atoms with E-state index >= 15 is 0 Å². The van der Waals surface area contributed by atoms with Crippen LogP contribution in [-0.4, -0.2) is 11.0 Å². The summed E-state index contributed by atoms with van der Waals surface area (Å²) in [6, 6.07) is 0. The maximum absolute atomic E-state index is 8.25. The van der Waals surface area contributed by atoms with E-state index in [0.29, 0.717) is 0 Å².